The van der Waals surface area contributed by atoms with Crippen LogP contribution < -0.4 is 34.7 Å². The van der Waals surface area contributed by atoms with Gasteiger partial charge in [-0.05, 0) is 12.8 Å². The minimum Gasteiger partial charge on any atom is -0.862 e. The summed E-state index contributed by atoms with van der Waals surface area (Å²) < 4.78 is 36.1. The van der Waals surface area contributed by atoms with Gasteiger partial charge in [-0.25, -0.2) is 0 Å². The van der Waals surface area contributed by atoms with E-state index in [0.29, 0.717) is 0 Å². The molecular formula is C10H18NNaO9S. The van der Waals surface area contributed by atoms with Gasteiger partial charge in [0.05, 0.1) is 12.7 Å². The van der Waals surface area contributed by atoms with E-state index in [4.69, 9.17) is 14.4 Å². The van der Waals surface area contributed by atoms with Crippen molar-refractivity contribution >= 4 is 16.0 Å². The molecule has 0 bridgehead atoms. The normalized spacial score (nSPS) is 32.9. The van der Waals surface area contributed by atoms with Crippen LogP contribution in [0.2, 0.25) is 0 Å². The second-order valence-electron chi connectivity index (χ2n) is 4.73. The SMILES string of the molecule is CC([O-])=N[C@H]1[C@H]([C@H](O)[C@H](O)CO)O[C@@H](S(=O)(=O)O)C[C@@H]1O.[Na+]. The van der Waals surface area contributed by atoms with E-state index in [2.05, 4.69) is 4.99 Å². The summed E-state index contributed by atoms with van der Waals surface area (Å²) in [6.07, 6.45) is -7.17. The molecule has 10 nitrogen and oxygen atoms in total. The Morgan fingerprint density at radius 1 is 1.45 bits per heavy atom. The second kappa shape index (κ2) is 8.87. The molecule has 1 saturated heterocycles. The van der Waals surface area contributed by atoms with Gasteiger partial charge in [-0.2, -0.15) is 8.42 Å². The van der Waals surface area contributed by atoms with Crippen LogP contribution in [0.1, 0.15) is 13.3 Å². The topological polar surface area (TPSA) is 180 Å². The average molecular weight is 351 g/mol. The van der Waals surface area contributed by atoms with E-state index in [9.17, 15) is 28.8 Å². The summed E-state index contributed by atoms with van der Waals surface area (Å²) in [4.78, 5) is 3.51. The Balaban J connectivity index is 0.00000441. The number of rotatable bonds is 5. The molecule has 0 saturated carbocycles. The molecule has 0 aliphatic carbocycles. The molecule has 0 aromatic rings. The maximum Gasteiger partial charge on any atom is 1.00 e. The van der Waals surface area contributed by atoms with Gasteiger partial charge < -0.3 is 30.3 Å². The van der Waals surface area contributed by atoms with Crippen LogP contribution in [0, 0.1) is 0 Å². The molecule has 0 unspecified atom stereocenters. The van der Waals surface area contributed by atoms with Crippen LogP contribution in [0.3, 0.4) is 0 Å². The Bertz CT molecular complexity index is 481. The summed E-state index contributed by atoms with van der Waals surface area (Å²) in [6, 6.07) is -1.34. The van der Waals surface area contributed by atoms with Gasteiger partial charge in [0, 0.05) is 6.42 Å². The third kappa shape index (κ3) is 5.67. The van der Waals surface area contributed by atoms with Crippen LogP contribution in [0.4, 0.5) is 0 Å². The first-order valence-electron chi connectivity index (χ1n) is 6.06. The smallest absolute Gasteiger partial charge is 0.862 e. The van der Waals surface area contributed by atoms with Gasteiger partial charge in [-0.3, -0.25) is 9.55 Å². The standard InChI is InChI=1S/C10H19NO9S.Na/c1-4(13)11-8-5(14)2-7(21(17,18)19)20-10(8)9(16)6(15)3-12;/h5-10,12,14-16H,2-3H2,1H3,(H,11,13)(H,17,18,19);/q;+1/p-1/t5-,6+,7-,8+,9+,10+;/m0./s1. The second-order valence-corrected chi connectivity index (χ2v) is 6.28. The van der Waals surface area contributed by atoms with Crippen molar-refractivity contribution in [3.63, 3.8) is 0 Å². The van der Waals surface area contributed by atoms with Crippen molar-refractivity contribution in [2.75, 3.05) is 6.61 Å². The summed E-state index contributed by atoms with van der Waals surface area (Å²) in [6.45, 7) is 0.216. The van der Waals surface area contributed by atoms with Gasteiger partial charge >= 0.3 is 29.6 Å². The molecule has 6 atom stereocenters. The van der Waals surface area contributed by atoms with Crippen molar-refractivity contribution in [1.82, 2.24) is 0 Å². The summed E-state index contributed by atoms with van der Waals surface area (Å²) in [5.41, 5.74) is -1.84. The Morgan fingerprint density at radius 3 is 2.41 bits per heavy atom. The molecule has 22 heavy (non-hydrogen) atoms. The monoisotopic (exact) mass is 351 g/mol. The van der Waals surface area contributed by atoms with Crippen LogP contribution in [-0.2, 0) is 14.9 Å². The minimum absolute atomic E-state index is 0. The molecule has 0 aromatic carbocycles. The molecular weight excluding hydrogens is 333 g/mol. The van der Waals surface area contributed by atoms with Gasteiger partial charge in [0.15, 0.2) is 5.44 Å². The van der Waals surface area contributed by atoms with E-state index < -0.39 is 64.9 Å². The van der Waals surface area contributed by atoms with Crippen molar-refractivity contribution in [3.8, 4) is 0 Å². The number of hydrogen-bond acceptors (Lipinski definition) is 9. The van der Waals surface area contributed by atoms with Gasteiger partial charge in [0.1, 0.15) is 24.4 Å². The molecule has 0 radical (unpaired) electrons. The molecule has 12 heteroatoms. The first-order valence-corrected chi connectivity index (χ1v) is 7.56. The Labute approximate surface area is 149 Å². The Kier molecular flexibility index (Phi) is 8.94. The van der Waals surface area contributed by atoms with Gasteiger partial charge in [0.25, 0.3) is 10.1 Å². The molecule has 0 aromatic heterocycles. The van der Waals surface area contributed by atoms with Crippen LogP contribution in [0.5, 0.6) is 0 Å². The summed E-state index contributed by atoms with van der Waals surface area (Å²) in [5.74, 6) is -0.705. The fourth-order valence-electron chi connectivity index (χ4n) is 2.04. The molecule has 5 N–H and O–H groups in total. The number of aliphatic hydroxyl groups is 4. The summed E-state index contributed by atoms with van der Waals surface area (Å²) in [5, 5.41) is 49.0. The van der Waals surface area contributed by atoms with E-state index >= 15 is 0 Å². The van der Waals surface area contributed by atoms with Crippen molar-refractivity contribution in [3.05, 3.63) is 0 Å². The predicted octanol–water partition coefficient (Wildman–Crippen LogP) is -6.78. The van der Waals surface area contributed by atoms with Crippen LogP contribution in [0.25, 0.3) is 0 Å². The fraction of sp³-hybridized carbons (Fsp3) is 0.900. The van der Waals surface area contributed by atoms with Crippen molar-refractivity contribution < 1.29 is 72.8 Å². The zero-order chi connectivity index (χ0) is 16.4. The van der Waals surface area contributed by atoms with Crippen molar-refractivity contribution in [1.29, 1.82) is 0 Å². The molecule has 1 aliphatic rings. The number of aliphatic imine (C=N–C) groups is 1. The van der Waals surface area contributed by atoms with Crippen LogP contribution >= 0.6 is 0 Å². The third-order valence-corrected chi connectivity index (χ3v) is 4.02. The molecule has 1 fully saturated rings. The van der Waals surface area contributed by atoms with Crippen molar-refractivity contribution in [2.45, 2.75) is 49.2 Å². The van der Waals surface area contributed by atoms with Gasteiger partial charge in [-0.15, -0.1) is 0 Å². The molecule has 1 heterocycles. The first kappa shape index (κ1) is 22.2. The van der Waals surface area contributed by atoms with Gasteiger partial charge in [0.2, 0.25) is 0 Å². The molecule has 1 aliphatic heterocycles. The predicted molar refractivity (Wildman–Crippen MR) is 66.8 cm³/mol. The van der Waals surface area contributed by atoms with Gasteiger partial charge in [-0.1, -0.05) is 0 Å². The number of aliphatic hydroxyl groups excluding tert-OH is 4. The maximum atomic E-state index is 11.1. The zero-order valence-corrected chi connectivity index (χ0v) is 14.9. The zero-order valence-electron chi connectivity index (χ0n) is 12.1. The third-order valence-electron chi connectivity index (χ3n) is 3.05. The van der Waals surface area contributed by atoms with Crippen molar-refractivity contribution in [2.24, 2.45) is 4.99 Å². The average Bonchev–Trinajstić information content (AvgIpc) is 2.37. The van der Waals surface area contributed by atoms with E-state index in [0.717, 1.165) is 6.92 Å². The number of nitrogens with zero attached hydrogens (tertiary/aromatic N) is 1. The quantitative estimate of drug-likeness (QED) is 0.139. The van der Waals surface area contributed by atoms with E-state index in [1.54, 1.807) is 0 Å². The largest absolute Gasteiger partial charge is 1.00 e. The van der Waals surface area contributed by atoms with Crippen LogP contribution in [0.15, 0.2) is 4.99 Å². The number of ether oxygens (including phenoxy) is 1. The van der Waals surface area contributed by atoms with E-state index in [-0.39, 0.29) is 29.6 Å². The molecule has 124 valence electrons. The van der Waals surface area contributed by atoms with E-state index in [1.807, 2.05) is 0 Å². The fourth-order valence-corrected chi connectivity index (χ4v) is 2.75. The molecule has 1 rings (SSSR count). The maximum absolute atomic E-state index is 11.1. The first-order chi connectivity index (χ1) is 9.57. The Hall–Kier alpha value is 0.180. The number of hydrogen-bond donors (Lipinski definition) is 5. The minimum atomic E-state index is -4.67. The Morgan fingerprint density at radius 2 is 2.00 bits per heavy atom. The van der Waals surface area contributed by atoms with Crippen LogP contribution in [-0.4, -0.2) is 81.8 Å². The van der Waals surface area contributed by atoms with E-state index in [1.165, 1.54) is 0 Å². The molecule has 0 spiro atoms. The summed E-state index contributed by atoms with van der Waals surface area (Å²) >= 11 is 0. The molecule has 0 amide bonds. The summed E-state index contributed by atoms with van der Waals surface area (Å²) in [7, 11) is -4.67.